The number of aromatic nitrogens is 1. The van der Waals surface area contributed by atoms with Crippen molar-refractivity contribution in [3.63, 3.8) is 0 Å². The number of Topliss-reactive ketones (excluding diaryl/α,β-unsaturated/α-hetero) is 1. The number of carbonyl (C=O) groups excluding carboxylic acids is 1. The van der Waals surface area contributed by atoms with E-state index in [1.165, 1.54) is 5.56 Å². The molecule has 3 nitrogen and oxygen atoms in total. The van der Waals surface area contributed by atoms with Crippen molar-refractivity contribution >= 4 is 5.78 Å². The zero-order valence-electron chi connectivity index (χ0n) is 8.99. The van der Waals surface area contributed by atoms with Gasteiger partial charge in [-0.15, -0.1) is 0 Å². The van der Waals surface area contributed by atoms with Gasteiger partial charge in [-0.1, -0.05) is 13.0 Å². The van der Waals surface area contributed by atoms with Gasteiger partial charge in [-0.3, -0.25) is 9.78 Å². The molecule has 1 aromatic rings. The van der Waals surface area contributed by atoms with Crippen molar-refractivity contribution in [3.05, 3.63) is 29.6 Å². The Morgan fingerprint density at radius 3 is 2.73 bits per heavy atom. The van der Waals surface area contributed by atoms with Crippen LogP contribution in [0.1, 0.15) is 31.0 Å². The summed E-state index contributed by atoms with van der Waals surface area (Å²) >= 11 is 0. The van der Waals surface area contributed by atoms with Crippen LogP contribution in [0.15, 0.2) is 18.3 Å². The maximum absolute atomic E-state index is 11.7. The Hall–Kier alpha value is -1.22. The number of pyridine rings is 1. The molecular formula is C12H16N2O. The maximum Gasteiger partial charge on any atom is 0.158 e. The second-order valence-electron chi connectivity index (χ2n) is 4.27. The number of aryl methyl sites for hydroxylation is 1. The fraction of sp³-hybridized carbons (Fsp3) is 0.500. The molecule has 80 valence electrons. The van der Waals surface area contributed by atoms with Crippen molar-refractivity contribution in [2.75, 3.05) is 0 Å². The molecule has 1 aromatic heterocycles. The van der Waals surface area contributed by atoms with Gasteiger partial charge in [0.05, 0.1) is 12.0 Å². The average Bonchev–Trinajstić information content (AvgIpc) is 2.99. The van der Waals surface area contributed by atoms with Crippen molar-refractivity contribution in [1.82, 2.24) is 4.98 Å². The third kappa shape index (κ3) is 2.23. The first-order chi connectivity index (χ1) is 7.14. The molecule has 0 bridgehead atoms. The van der Waals surface area contributed by atoms with Crippen LogP contribution in [-0.2, 0) is 17.6 Å². The third-order valence-electron chi connectivity index (χ3n) is 2.98. The number of nitrogens with two attached hydrogens (primary N) is 1. The van der Waals surface area contributed by atoms with Crippen molar-refractivity contribution in [3.8, 4) is 0 Å². The third-order valence-corrected chi connectivity index (χ3v) is 2.98. The molecule has 0 spiro atoms. The van der Waals surface area contributed by atoms with Gasteiger partial charge in [0.25, 0.3) is 0 Å². The molecule has 0 atom stereocenters. The zero-order chi connectivity index (χ0) is 10.9. The molecular weight excluding hydrogens is 188 g/mol. The van der Waals surface area contributed by atoms with Crippen LogP contribution in [0.5, 0.6) is 0 Å². The topological polar surface area (TPSA) is 56.0 Å². The normalized spacial score (nSPS) is 17.5. The fourth-order valence-corrected chi connectivity index (χ4v) is 1.52. The van der Waals surface area contributed by atoms with Gasteiger partial charge < -0.3 is 5.73 Å². The number of carbonyl (C=O) groups is 1. The summed E-state index contributed by atoms with van der Waals surface area (Å²) in [7, 11) is 0. The average molecular weight is 204 g/mol. The van der Waals surface area contributed by atoms with Crippen LogP contribution in [0.25, 0.3) is 0 Å². The Morgan fingerprint density at radius 2 is 2.27 bits per heavy atom. The lowest BCUT2D eigenvalue weighted by atomic mass is 10.1. The van der Waals surface area contributed by atoms with Crippen LogP contribution in [-0.4, -0.2) is 16.3 Å². The van der Waals surface area contributed by atoms with Gasteiger partial charge >= 0.3 is 0 Å². The first-order valence-electron chi connectivity index (χ1n) is 5.40. The fourth-order valence-electron chi connectivity index (χ4n) is 1.52. The minimum absolute atomic E-state index is 0.124. The van der Waals surface area contributed by atoms with Gasteiger partial charge in [-0.2, -0.15) is 0 Å². The highest BCUT2D eigenvalue weighted by atomic mass is 16.1. The molecule has 0 unspecified atom stereocenters. The smallest absolute Gasteiger partial charge is 0.158 e. The number of rotatable bonds is 4. The SMILES string of the molecule is CCc1ccc(CC(=O)C2(N)CC2)nc1. The number of ketones is 1. The lowest BCUT2D eigenvalue weighted by Gasteiger charge is -2.06. The van der Waals surface area contributed by atoms with Gasteiger partial charge in [0.15, 0.2) is 5.78 Å². The van der Waals surface area contributed by atoms with E-state index >= 15 is 0 Å². The summed E-state index contributed by atoms with van der Waals surface area (Å²) in [6.07, 6.45) is 4.85. The van der Waals surface area contributed by atoms with Gasteiger partial charge in [0, 0.05) is 11.9 Å². The van der Waals surface area contributed by atoms with Crippen LogP contribution in [0, 0.1) is 0 Å². The lowest BCUT2D eigenvalue weighted by Crippen LogP contribution is -2.34. The Morgan fingerprint density at radius 1 is 1.53 bits per heavy atom. The van der Waals surface area contributed by atoms with E-state index in [9.17, 15) is 4.79 Å². The predicted octanol–water partition coefficient (Wildman–Crippen LogP) is 1.25. The van der Waals surface area contributed by atoms with Gasteiger partial charge in [-0.25, -0.2) is 0 Å². The van der Waals surface area contributed by atoms with E-state index in [0.29, 0.717) is 6.42 Å². The summed E-state index contributed by atoms with van der Waals surface area (Å²) in [4.78, 5) is 15.9. The summed E-state index contributed by atoms with van der Waals surface area (Å²) in [6.45, 7) is 2.08. The summed E-state index contributed by atoms with van der Waals surface area (Å²) in [5.74, 6) is 0.124. The summed E-state index contributed by atoms with van der Waals surface area (Å²) in [5, 5.41) is 0. The first-order valence-corrected chi connectivity index (χ1v) is 5.40. The number of hydrogen-bond donors (Lipinski definition) is 1. The highest BCUT2D eigenvalue weighted by molar-refractivity contribution is 5.92. The van der Waals surface area contributed by atoms with E-state index in [1.54, 1.807) is 0 Å². The summed E-state index contributed by atoms with van der Waals surface area (Å²) in [5.41, 5.74) is 7.32. The maximum atomic E-state index is 11.7. The van der Waals surface area contributed by atoms with Crippen molar-refractivity contribution in [1.29, 1.82) is 0 Å². The standard InChI is InChI=1S/C12H16N2O/c1-2-9-3-4-10(14-8-9)7-11(15)12(13)5-6-12/h3-4,8H,2,5-7,13H2,1H3. The summed E-state index contributed by atoms with van der Waals surface area (Å²) < 4.78 is 0. The quantitative estimate of drug-likeness (QED) is 0.803. The predicted molar refractivity (Wildman–Crippen MR) is 58.5 cm³/mol. The van der Waals surface area contributed by atoms with Crippen LogP contribution in [0.3, 0.4) is 0 Å². The monoisotopic (exact) mass is 204 g/mol. The molecule has 0 aliphatic heterocycles. The molecule has 0 amide bonds. The van der Waals surface area contributed by atoms with E-state index in [0.717, 1.165) is 25.0 Å². The van der Waals surface area contributed by atoms with Crippen LogP contribution < -0.4 is 5.73 Å². The van der Waals surface area contributed by atoms with Crippen LogP contribution in [0.2, 0.25) is 0 Å². The van der Waals surface area contributed by atoms with E-state index in [2.05, 4.69) is 11.9 Å². The van der Waals surface area contributed by atoms with Crippen molar-refractivity contribution < 1.29 is 4.79 Å². The highest BCUT2D eigenvalue weighted by Crippen LogP contribution is 2.33. The molecule has 0 radical (unpaired) electrons. The second-order valence-corrected chi connectivity index (χ2v) is 4.27. The summed E-state index contributed by atoms with van der Waals surface area (Å²) in [6, 6.07) is 3.94. The zero-order valence-corrected chi connectivity index (χ0v) is 8.99. The number of hydrogen-bond acceptors (Lipinski definition) is 3. The Bertz CT molecular complexity index is 366. The largest absolute Gasteiger partial charge is 0.319 e. The Balaban J connectivity index is 2.01. The van der Waals surface area contributed by atoms with Gasteiger partial charge in [-0.05, 0) is 30.9 Å². The Labute approximate surface area is 89.7 Å². The van der Waals surface area contributed by atoms with E-state index in [4.69, 9.17) is 5.73 Å². The molecule has 1 aliphatic rings. The minimum atomic E-state index is -0.523. The van der Waals surface area contributed by atoms with Crippen LogP contribution >= 0.6 is 0 Å². The number of nitrogens with zero attached hydrogens (tertiary/aromatic N) is 1. The first kappa shape index (κ1) is 10.3. The minimum Gasteiger partial charge on any atom is -0.319 e. The van der Waals surface area contributed by atoms with E-state index in [-0.39, 0.29) is 5.78 Å². The van der Waals surface area contributed by atoms with Crippen molar-refractivity contribution in [2.24, 2.45) is 5.73 Å². The second kappa shape index (κ2) is 3.74. The molecule has 2 N–H and O–H groups in total. The molecule has 15 heavy (non-hydrogen) atoms. The highest BCUT2D eigenvalue weighted by Gasteiger charge is 2.45. The van der Waals surface area contributed by atoms with Crippen molar-refractivity contribution in [2.45, 2.75) is 38.1 Å². The molecule has 1 fully saturated rings. The molecule has 0 aromatic carbocycles. The van der Waals surface area contributed by atoms with Crippen LogP contribution in [0.4, 0.5) is 0 Å². The molecule has 1 aliphatic carbocycles. The molecule has 0 saturated heterocycles. The molecule has 3 heteroatoms. The van der Waals surface area contributed by atoms with E-state index < -0.39 is 5.54 Å². The Kier molecular flexibility index (Phi) is 2.57. The van der Waals surface area contributed by atoms with Gasteiger partial charge in [0.2, 0.25) is 0 Å². The lowest BCUT2D eigenvalue weighted by molar-refractivity contribution is -0.120. The molecule has 1 heterocycles. The molecule has 2 rings (SSSR count). The molecule has 1 saturated carbocycles. The van der Waals surface area contributed by atoms with E-state index in [1.807, 2.05) is 18.3 Å². The van der Waals surface area contributed by atoms with Gasteiger partial charge in [0.1, 0.15) is 0 Å².